The van der Waals surface area contributed by atoms with Crippen LogP contribution in [0.5, 0.6) is 0 Å². The highest BCUT2D eigenvalue weighted by Gasteiger charge is 2.22. The molecule has 0 aliphatic carbocycles. The standard InChI is InChI=1S/C23H30ClFN2OSi/c1-15-17(3)27(14-28-11-12-29(4,5)6)20-9-8-19(25)22(23(15)20)16(2)18-7-10-21(24)26-13-18/h7-10,13,16H,11-12,14H2,1-6H3/t16-/m1/s1/i8D. The lowest BCUT2D eigenvalue weighted by molar-refractivity contribution is 0.0889. The Hall–Kier alpha value is -1.69. The summed E-state index contributed by atoms with van der Waals surface area (Å²) in [6.45, 7) is 14.1. The Labute approximate surface area is 180 Å². The average Bonchev–Trinajstić information content (AvgIpc) is 2.90. The van der Waals surface area contributed by atoms with Crippen LogP contribution in [0, 0.1) is 19.7 Å². The van der Waals surface area contributed by atoms with Gasteiger partial charge in [0.05, 0.1) is 6.89 Å². The van der Waals surface area contributed by atoms with Crippen molar-refractivity contribution in [3.63, 3.8) is 0 Å². The minimum absolute atomic E-state index is 0.105. The average molecular weight is 434 g/mol. The number of aromatic nitrogens is 2. The van der Waals surface area contributed by atoms with E-state index < -0.39 is 13.9 Å². The molecule has 3 aromatic rings. The van der Waals surface area contributed by atoms with Gasteiger partial charge in [-0.15, -0.1) is 0 Å². The number of ether oxygens (including phenoxy) is 1. The molecule has 156 valence electrons. The summed E-state index contributed by atoms with van der Waals surface area (Å²) in [6, 6.07) is 6.17. The lowest BCUT2D eigenvalue weighted by Gasteiger charge is -2.17. The Balaban J connectivity index is 2.06. The lowest BCUT2D eigenvalue weighted by atomic mass is 9.90. The van der Waals surface area contributed by atoms with Crippen molar-refractivity contribution >= 4 is 30.6 Å². The highest BCUT2D eigenvalue weighted by molar-refractivity contribution is 6.76. The van der Waals surface area contributed by atoms with Crippen LogP contribution in [0.3, 0.4) is 0 Å². The number of pyridine rings is 1. The second kappa shape index (κ2) is 8.58. The van der Waals surface area contributed by atoms with Crippen LogP contribution in [0.15, 0.2) is 30.4 Å². The van der Waals surface area contributed by atoms with Gasteiger partial charge in [0.15, 0.2) is 0 Å². The number of benzene rings is 1. The van der Waals surface area contributed by atoms with E-state index in [0.717, 1.165) is 33.8 Å². The summed E-state index contributed by atoms with van der Waals surface area (Å²) >= 11 is 5.92. The molecule has 0 fully saturated rings. The van der Waals surface area contributed by atoms with E-state index in [2.05, 4.69) is 29.2 Å². The fraction of sp³-hybridized carbons (Fsp3) is 0.435. The van der Waals surface area contributed by atoms with E-state index in [1.165, 1.54) is 0 Å². The zero-order valence-electron chi connectivity index (χ0n) is 19.1. The minimum Gasteiger partial charge on any atom is -0.361 e. The molecule has 0 saturated heterocycles. The first kappa shape index (κ1) is 20.6. The Kier molecular flexibility index (Phi) is 6.09. The molecule has 0 saturated carbocycles. The Morgan fingerprint density at radius 3 is 2.62 bits per heavy atom. The van der Waals surface area contributed by atoms with E-state index in [9.17, 15) is 0 Å². The van der Waals surface area contributed by atoms with Gasteiger partial charge in [-0.1, -0.05) is 44.2 Å². The van der Waals surface area contributed by atoms with Gasteiger partial charge in [0.2, 0.25) is 0 Å². The van der Waals surface area contributed by atoms with Gasteiger partial charge in [-0.3, -0.25) is 0 Å². The molecule has 0 unspecified atom stereocenters. The third-order valence-corrected chi connectivity index (χ3v) is 7.54. The van der Waals surface area contributed by atoms with Crippen LogP contribution >= 0.6 is 11.6 Å². The molecule has 2 heterocycles. The summed E-state index contributed by atoms with van der Waals surface area (Å²) in [5.41, 5.74) is 4.28. The highest BCUT2D eigenvalue weighted by Crippen LogP contribution is 2.37. The predicted octanol–water partition coefficient (Wildman–Crippen LogP) is 6.91. The Bertz CT molecular complexity index is 1060. The first-order chi connectivity index (χ1) is 14.0. The number of hydrogen-bond acceptors (Lipinski definition) is 2. The van der Waals surface area contributed by atoms with Crippen LogP contribution in [0.1, 0.15) is 36.6 Å². The zero-order chi connectivity index (χ0) is 22.2. The summed E-state index contributed by atoms with van der Waals surface area (Å²) in [5, 5.41) is 1.26. The molecule has 29 heavy (non-hydrogen) atoms. The molecular formula is C23H30ClFN2OSi. The van der Waals surface area contributed by atoms with Gasteiger partial charge in [-0.2, -0.15) is 0 Å². The molecule has 3 rings (SSSR count). The number of halogens is 2. The van der Waals surface area contributed by atoms with Gasteiger partial charge in [0, 0.05) is 43.4 Å². The molecule has 1 atom stereocenters. The van der Waals surface area contributed by atoms with Crippen LogP contribution in [0.25, 0.3) is 10.9 Å². The maximum Gasteiger partial charge on any atom is 0.129 e. The van der Waals surface area contributed by atoms with Crippen molar-refractivity contribution in [3.05, 3.63) is 63.8 Å². The van der Waals surface area contributed by atoms with E-state index in [-0.39, 0.29) is 12.0 Å². The molecule has 0 radical (unpaired) electrons. The van der Waals surface area contributed by atoms with Crippen LogP contribution in [0.4, 0.5) is 4.39 Å². The number of rotatable bonds is 7. The molecule has 6 heteroatoms. The van der Waals surface area contributed by atoms with Gasteiger partial charge < -0.3 is 9.30 Å². The van der Waals surface area contributed by atoms with E-state index in [0.29, 0.717) is 24.1 Å². The third-order valence-electron chi connectivity index (χ3n) is 5.61. The normalized spacial score (nSPS) is 13.7. The Morgan fingerprint density at radius 2 is 2.00 bits per heavy atom. The van der Waals surface area contributed by atoms with Crippen LogP contribution in [-0.2, 0) is 11.5 Å². The number of nitrogens with zero attached hydrogens (tertiary/aromatic N) is 2. The first-order valence-electron chi connectivity index (χ1n) is 10.5. The lowest BCUT2D eigenvalue weighted by Crippen LogP contribution is -2.22. The summed E-state index contributed by atoms with van der Waals surface area (Å²) in [4.78, 5) is 4.15. The van der Waals surface area contributed by atoms with E-state index in [1.807, 2.05) is 26.8 Å². The van der Waals surface area contributed by atoms with Gasteiger partial charge in [-0.25, -0.2) is 9.37 Å². The van der Waals surface area contributed by atoms with Gasteiger partial charge in [-0.05, 0) is 49.2 Å². The summed E-state index contributed by atoms with van der Waals surface area (Å²) < 4.78 is 31.5. The number of aryl methyl sites for hydroxylation is 1. The molecule has 1 aromatic carbocycles. The highest BCUT2D eigenvalue weighted by atomic mass is 35.5. The first-order valence-corrected chi connectivity index (χ1v) is 14.1. The minimum atomic E-state index is -1.17. The quantitative estimate of drug-likeness (QED) is 0.230. The monoisotopic (exact) mass is 433 g/mol. The molecule has 3 nitrogen and oxygen atoms in total. The van der Waals surface area contributed by atoms with E-state index in [1.54, 1.807) is 18.3 Å². The maximum absolute atomic E-state index is 15.2. The topological polar surface area (TPSA) is 27.1 Å². The second-order valence-corrected chi connectivity index (χ2v) is 14.9. The van der Waals surface area contributed by atoms with Gasteiger partial charge in [0.25, 0.3) is 0 Å². The molecule has 0 aliphatic heterocycles. The summed E-state index contributed by atoms with van der Waals surface area (Å²) in [7, 11) is -1.17. The van der Waals surface area contributed by atoms with E-state index >= 15 is 4.39 Å². The third kappa shape index (κ3) is 4.73. The van der Waals surface area contributed by atoms with Crippen molar-refractivity contribution in [2.75, 3.05) is 6.61 Å². The fourth-order valence-corrected chi connectivity index (χ4v) is 4.49. The maximum atomic E-state index is 15.2. The van der Waals surface area contributed by atoms with E-state index in [4.69, 9.17) is 17.7 Å². The molecule has 0 N–H and O–H groups in total. The Morgan fingerprint density at radius 1 is 1.28 bits per heavy atom. The van der Waals surface area contributed by atoms with Crippen molar-refractivity contribution in [1.29, 1.82) is 0 Å². The van der Waals surface area contributed by atoms with Crippen LogP contribution in [0.2, 0.25) is 30.8 Å². The predicted molar refractivity (Wildman–Crippen MR) is 122 cm³/mol. The number of hydrogen-bond donors (Lipinski definition) is 0. The molecule has 0 amide bonds. The number of fused-ring (bicyclic) bond motifs is 1. The molecule has 0 aliphatic rings. The summed E-state index contributed by atoms with van der Waals surface area (Å²) in [5.74, 6) is -0.742. The summed E-state index contributed by atoms with van der Waals surface area (Å²) in [6.07, 6.45) is 1.67. The second-order valence-electron chi connectivity index (χ2n) is 8.90. The van der Waals surface area contributed by atoms with Crippen molar-refractivity contribution in [2.24, 2.45) is 0 Å². The smallest absolute Gasteiger partial charge is 0.129 e. The van der Waals surface area contributed by atoms with Crippen molar-refractivity contribution in [2.45, 2.75) is 59.1 Å². The van der Waals surface area contributed by atoms with Crippen molar-refractivity contribution in [1.82, 2.24) is 9.55 Å². The molecule has 0 bridgehead atoms. The van der Waals surface area contributed by atoms with Gasteiger partial charge in [0.1, 0.15) is 17.7 Å². The van der Waals surface area contributed by atoms with Gasteiger partial charge >= 0.3 is 0 Å². The van der Waals surface area contributed by atoms with Crippen LogP contribution < -0.4 is 0 Å². The molecule has 0 spiro atoms. The largest absolute Gasteiger partial charge is 0.361 e. The fourth-order valence-electron chi connectivity index (χ4n) is 3.62. The van der Waals surface area contributed by atoms with Crippen LogP contribution in [-0.4, -0.2) is 24.2 Å². The zero-order valence-corrected chi connectivity index (χ0v) is 19.8. The molecule has 2 aromatic heterocycles. The molecular weight excluding hydrogens is 403 g/mol. The van der Waals surface area contributed by atoms with Crippen molar-refractivity contribution in [3.8, 4) is 0 Å². The SMILES string of the molecule is [2H]c1cc2c(c(C)c(C)n2COCC[Si](C)(C)C)c([C@H](C)c2ccc(Cl)nc2)c1F. The van der Waals surface area contributed by atoms with Crippen molar-refractivity contribution < 1.29 is 10.5 Å².